The van der Waals surface area contributed by atoms with E-state index in [1.165, 1.54) is 0 Å². The summed E-state index contributed by atoms with van der Waals surface area (Å²) in [4.78, 5) is 18.6. The van der Waals surface area contributed by atoms with E-state index in [-0.39, 0.29) is 47.3 Å². The quantitative estimate of drug-likeness (QED) is 0.590. The van der Waals surface area contributed by atoms with Gasteiger partial charge in [0.05, 0.1) is 11.7 Å². The number of ether oxygens (including phenoxy) is 3. The largest absolute Gasteiger partial charge is 0.484 e. The lowest BCUT2D eigenvalue weighted by molar-refractivity contribution is 0.0196. The Kier molecular flexibility index (Phi) is 7.24. The fraction of sp³-hybridized carbons (Fsp3) is 0.667. The predicted molar refractivity (Wildman–Crippen MR) is 132 cm³/mol. The van der Waals surface area contributed by atoms with Crippen molar-refractivity contribution in [2.75, 3.05) is 32.0 Å². The summed E-state index contributed by atoms with van der Waals surface area (Å²) >= 11 is 0. The molecule has 0 fully saturated rings. The van der Waals surface area contributed by atoms with Crippen LogP contribution >= 0.6 is 0 Å². The van der Waals surface area contributed by atoms with Crippen molar-refractivity contribution in [3.8, 4) is 11.6 Å². The zero-order valence-electron chi connectivity index (χ0n) is 21.6. The molecule has 2 aliphatic heterocycles. The summed E-state index contributed by atoms with van der Waals surface area (Å²) < 4.78 is 39.0. The third kappa shape index (κ3) is 5.83. The number of carbonyl (C=O) groups is 1. The maximum absolute atomic E-state index is 15.3. The molecule has 0 bridgehead atoms. The minimum Gasteiger partial charge on any atom is -0.484 e. The van der Waals surface area contributed by atoms with Gasteiger partial charge in [-0.3, -0.25) is 0 Å². The van der Waals surface area contributed by atoms with Crippen molar-refractivity contribution >= 4 is 25.8 Å². The normalized spacial score (nSPS) is 19.4. The van der Waals surface area contributed by atoms with Crippen molar-refractivity contribution in [1.29, 1.82) is 0 Å². The van der Waals surface area contributed by atoms with E-state index in [2.05, 4.69) is 38.8 Å². The van der Waals surface area contributed by atoms with Crippen LogP contribution in [0, 0.1) is 5.82 Å². The number of hydrogen-bond acceptors (Lipinski definition) is 7. The van der Waals surface area contributed by atoms with Crippen LogP contribution in [-0.4, -0.2) is 62.3 Å². The second kappa shape index (κ2) is 9.37. The van der Waals surface area contributed by atoms with E-state index in [4.69, 9.17) is 24.4 Å². The molecule has 1 aromatic heterocycles. The van der Waals surface area contributed by atoms with E-state index in [0.717, 1.165) is 0 Å². The first-order valence-electron chi connectivity index (χ1n) is 11.7. The van der Waals surface area contributed by atoms with Gasteiger partial charge in [0.2, 0.25) is 0 Å². The van der Waals surface area contributed by atoms with Crippen LogP contribution in [0.2, 0.25) is 18.1 Å². The fourth-order valence-corrected chi connectivity index (χ4v) is 4.98. The number of fused-ring (bicyclic) bond motifs is 1. The molecule has 34 heavy (non-hydrogen) atoms. The lowest BCUT2D eigenvalue weighted by Crippen LogP contribution is -2.48. The molecule has 8 nitrogen and oxygen atoms in total. The van der Waals surface area contributed by atoms with Gasteiger partial charge < -0.3 is 29.3 Å². The molecule has 1 unspecified atom stereocenters. The fourth-order valence-electron chi connectivity index (χ4n) is 3.63. The number of carbonyl (C=O) groups excluding carboxylic acids is 1. The minimum atomic E-state index is -2.20. The molecule has 3 heterocycles. The maximum Gasteiger partial charge on any atom is 0.410 e. The second-order valence-corrected chi connectivity index (χ2v) is 16.1. The van der Waals surface area contributed by atoms with Crippen molar-refractivity contribution in [3.63, 3.8) is 0 Å². The van der Waals surface area contributed by atoms with Crippen molar-refractivity contribution in [2.24, 2.45) is 0 Å². The first-order chi connectivity index (χ1) is 15.6. The number of pyridine rings is 1. The van der Waals surface area contributed by atoms with Crippen LogP contribution in [0.5, 0.6) is 11.6 Å². The number of aromatic nitrogens is 1. The highest BCUT2D eigenvalue weighted by Gasteiger charge is 2.41. The Labute approximate surface area is 202 Å². The van der Waals surface area contributed by atoms with E-state index < -0.39 is 25.8 Å². The Hall–Kier alpha value is -2.33. The number of halogens is 1. The molecule has 0 saturated carbocycles. The van der Waals surface area contributed by atoms with Gasteiger partial charge >= 0.3 is 6.09 Å². The van der Waals surface area contributed by atoms with Gasteiger partial charge in [-0.25, -0.2) is 9.18 Å². The van der Waals surface area contributed by atoms with Crippen LogP contribution in [0.1, 0.15) is 53.5 Å². The van der Waals surface area contributed by atoms with Crippen molar-refractivity contribution < 1.29 is 27.8 Å². The van der Waals surface area contributed by atoms with Gasteiger partial charge in [0.15, 0.2) is 25.7 Å². The van der Waals surface area contributed by atoms with Crippen LogP contribution < -0.4 is 15.2 Å². The highest BCUT2D eigenvalue weighted by atomic mass is 28.4. The standard InChI is InChI=1S/C24H38FN3O5Si/c1-23(2,3)32-22(29)28-10-9-15(13-16(14-28)33-34(7,8)24(4,5)6)17-18(25)20(26)27-21-19(17)30-11-12-31-21/h9,16H,10-14H2,1-8H3,(H2,26,27). The minimum absolute atomic E-state index is 0.0393. The van der Waals surface area contributed by atoms with Crippen LogP contribution in [0.3, 0.4) is 0 Å². The molecule has 0 spiro atoms. The summed E-state index contributed by atoms with van der Waals surface area (Å²) in [5.41, 5.74) is 6.10. The smallest absolute Gasteiger partial charge is 0.410 e. The second-order valence-electron chi connectivity index (χ2n) is 11.3. The Bertz CT molecular complexity index is 969. The molecule has 0 aliphatic carbocycles. The molecule has 2 N–H and O–H groups in total. The number of anilines is 1. The summed E-state index contributed by atoms with van der Waals surface area (Å²) in [5, 5.41) is -0.0393. The average Bonchev–Trinajstić information content (AvgIpc) is 2.89. The SMILES string of the molecule is CC(C)(C)OC(=O)N1CC=C(c2c(F)c(N)nc3c2OCCO3)CC(O[Si](C)(C)C(C)(C)C)C1. The van der Waals surface area contributed by atoms with Crippen LogP contribution in [-0.2, 0) is 9.16 Å². The third-order valence-corrected chi connectivity index (χ3v) is 10.9. The van der Waals surface area contributed by atoms with Gasteiger partial charge in [-0.05, 0) is 50.9 Å². The first kappa shape index (κ1) is 26.3. The molecule has 0 saturated heterocycles. The molecule has 190 valence electrons. The number of amides is 1. The van der Waals surface area contributed by atoms with E-state index >= 15 is 4.39 Å². The topological polar surface area (TPSA) is 96.1 Å². The monoisotopic (exact) mass is 495 g/mol. The Morgan fingerprint density at radius 2 is 1.85 bits per heavy atom. The van der Waals surface area contributed by atoms with E-state index in [1.807, 2.05) is 26.8 Å². The van der Waals surface area contributed by atoms with Crippen LogP contribution in [0.4, 0.5) is 15.0 Å². The van der Waals surface area contributed by atoms with Crippen molar-refractivity contribution in [3.05, 3.63) is 17.5 Å². The lowest BCUT2D eigenvalue weighted by Gasteiger charge is -2.40. The number of hydrogen-bond donors (Lipinski definition) is 1. The van der Waals surface area contributed by atoms with Gasteiger partial charge in [0.25, 0.3) is 5.88 Å². The van der Waals surface area contributed by atoms with Gasteiger partial charge in [0, 0.05) is 13.1 Å². The highest BCUT2D eigenvalue weighted by Crippen LogP contribution is 2.43. The number of nitrogens with two attached hydrogens (primary N) is 1. The third-order valence-electron chi connectivity index (χ3n) is 6.33. The Morgan fingerprint density at radius 3 is 2.47 bits per heavy atom. The summed E-state index contributed by atoms with van der Waals surface area (Å²) in [6.07, 6.45) is 1.39. The number of nitrogen functional groups attached to an aromatic ring is 1. The van der Waals surface area contributed by atoms with Gasteiger partial charge in [-0.1, -0.05) is 26.8 Å². The van der Waals surface area contributed by atoms with Gasteiger partial charge in [0.1, 0.15) is 18.8 Å². The lowest BCUT2D eigenvalue weighted by atomic mass is 9.99. The number of nitrogens with zero attached hydrogens (tertiary/aromatic N) is 2. The van der Waals surface area contributed by atoms with E-state index in [9.17, 15) is 4.79 Å². The zero-order valence-corrected chi connectivity index (χ0v) is 22.6. The molecular weight excluding hydrogens is 457 g/mol. The summed E-state index contributed by atoms with van der Waals surface area (Å²) in [6, 6.07) is 0. The van der Waals surface area contributed by atoms with Gasteiger partial charge in [-0.15, -0.1) is 0 Å². The molecule has 0 aromatic carbocycles. The molecular formula is C24H38FN3O5Si. The average molecular weight is 496 g/mol. The molecule has 3 rings (SSSR count). The summed E-state index contributed by atoms with van der Waals surface area (Å²) in [7, 11) is -2.20. The van der Waals surface area contributed by atoms with Crippen LogP contribution in [0.15, 0.2) is 6.08 Å². The molecule has 10 heteroatoms. The Morgan fingerprint density at radius 1 is 1.21 bits per heavy atom. The molecule has 2 aliphatic rings. The van der Waals surface area contributed by atoms with E-state index in [0.29, 0.717) is 25.1 Å². The summed E-state index contributed by atoms with van der Waals surface area (Å²) in [6.45, 7) is 17.4. The number of rotatable bonds is 3. The highest BCUT2D eigenvalue weighted by molar-refractivity contribution is 6.74. The van der Waals surface area contributed by atoms with Crippen molar-refractivity contribution in [2.45, 2.75) is 77.8 Å². The maximum atomic E-state index is 15.3. The predicted octanol–water partition coefficient (Wildman–Crippen LogP) is 4.99. The summed E-state index contributed by atoms with van der Waals surface area (Å²) in [5.74, 6) is -0.500. The van der Waals surface area contributed by atoms with Crippen LogP contribution in [0.25, 0.3) is 5.57 Å². The van der Waals surface area contributed by atoms with Gasteiger partial charge in [-0.2, -0.15) is 4.98 Å². The van der Waals surface area contributed by atoms with Crippen molar-refractivity contribution in [1.82, 2.24) is 9.88 Å². The Balaban J connectivity index is 2.03. The molecule has 1 amide bonds. The zero-order chi connectivity index (χ0) is 25.5. The molecule has 1 aromatic rings. The molecule has 1 atom stereocenters. The molecule has 0 radical (unpaired) electrons. The first-order valence-corrected chi connectivity index (χ1v) is 14.6. The van der Waals surface area contributed by atoms with E-state index in [1.54, 1.807) is 4.90 Å².